The Morgan fingerprint density at radius 2 is 1.86 bits per heavy atom. The Balaban J connectivity index is 1.98. The second-order valence-electron chi connectivity index (χ2n) is 4.94. The zero-order valence-electron chi connectivity index (χ0n) is 11.2. The second kappa shape index (κ2) is 4.49. The highest BCUT2D eigenvalue weighted by Gasteiger charge is 2.17. The zero-order valence-corrected chi connectivity index (χ0v) is 11.2. The van der Waals surface area contributed by atoms with Gasteiger partial charge in [-0.25, -0.2) is 4.39 Å². The molecule has 2 aromatic carbocycles. The Hall–Kier alpha value is -3.02. The molecule has 0 aliphatic carbocycles. The molecule has 1 aromatic heterocycles. The van der Waals surface area contributed by atoms with Crippen molar-refractivity contribution in [1.29, 1.82) is 0 Å². The minimum absolute atomic E-state index is 0.0991. The number of ether oxygens (including phenoxy) is 2. The minimum Gasteiger partial charge on any atom is -0.505 e. The van der Waals surface area contributed by atoms with E-state index in [9.17, 15) is 14.3 Å². The predicted octanol–water partition coefficient (Wildman–Crippen LogP) is 2.77. The number of rotatable bonds is 1. The van der Waals surface area contributed by atoms with Gasteiger partial charge in [0, 0.05) is 10.9 Å². The molecule has 0 spiro atoms. The van der Waals surface area contributed by atoms with Gasteiger partial charge in [-0.15, -0.1) is 0 Å². The molecule has 0 amide bonds. The fourth-order valence-electron chi connectivity index (χ4n) is 2.55. The summed E-state index contributed by atoms with van der Waals surface area (Å²) in [6.45, 7) is 0.137. The standard InChI is InChI=1S/C16H10FNO4/c17-9-2-3-10-11(6-9)16(20)18-14(15(10)19)8-1-4-12-13(5-8)22-7-21-12/h1-6,19H,7H2,(H,18,20). The summed E-state index contributed by atoms with van der Waals surface area (Å²) in [6.07, 6.45) is 0. The van der Waals surface area contributed by atoms with Crippen LogP contribution in [0.4, 0.5) is 4.39 Å². The Morgan fingerprint density at radius 3 is 2.73 bits per heavy atom. The van der Waals surface area contributed by atoms with E-state index in [1.807, 2.05) is 0 Å². The van der Waals surface area contributed by atoms with Gasteiger partial charge in [0.15, 0.2) is 11.5 Å². The van der Waals surface area contributed by atoms with Crippen LogP contribution < -0.4 is 15.0 Å². The van der Waals surface area contributed by atoms with Gasteiger partial charge in [-0.05, 0) is 36.4 Å². The number of aromatic nitrogens is 1. The van der Waals surface area contributed by atoms with Crippen molar-refractivity contribution in [2.75, 3.05) is 6.79 Å². The third-order valence-electron chi connectivity index (χ3n) is 3.62. The lowest BCUT2D eigenvalue weighted by molar-refractivity contribution is 0.174. The summed E-state index contributed by atoms with van der Waals surface area (Å²) in [6, 6.07) is 8.74. The first-order chi connectivity index (χ1) is 10.6. The Bertz CT molecular complexity index is 964. The van der Waals surface area contributed by atoms with Gasteiger partial charge < -0.3 is 19.6 Å². The number of fused-ring (bicyclic) bond motifs is 2. The lowest BCUT2D eigenvalue weighted by Crippen LogP contribution is -2.08. The monoisotopic (exact) mass is 299 g/mol. The third kappa shape index (κ3) is 1.81. The van der Waals surface area contributed by atoms with Crippen LogP contribution in [0, 0.1) is 5.82 Å². The van der Waals surface area contributed by atoms with E-state index in [4.69, 9.17) is 9.47 Å². The summed E-state index contributed by atoms with van der Waals surface area (Å²) < 4.78 is 23.8. The summed E-state index contributed by atoms with van der Waals surface area (Å²) >= 11 is 0. The van der Waals surface area contributed by atoms with Crippen LogP contribution in [0.25, 0.3) is 22.0 Å². The lowest BCUT2D eigenvalue weighted by atomic mass is 10.1. The highest BCUT2D eigenvalue weighted by molar-refractivity contribution is 5.92. The van der Waals surface area contributed by atoms with Crippen LogP contribution in [-0.4, -0.2) is 16.9 Å². The number of hydrogen-bond donors (Lipinski definition) is 2. The van der Waals surface area contributed by atoms with E-state index >= 15 is 0 Å². The van der Waals surface area contributed by atoms with Crippen LogP contribution in [0.15, 0.2) is 41.2 Å². The van der Waals surface area contributed by atoms with E-state index in [0.717, 1.165) is 6.07 Å². The first-order valence-electron chi connectivity index (χ1n) is 6.58. The van der Waals surface area contributed by atoms with Gasteiger partial charge in [0.25, 0.3) is 5.56 Å². The molecule has 2 N–H and O–H groups in total. The number of hydrogen-bond acceptors (Lipinski definition) is 4. The average Bonchev–Trinajstić information content (AvgIpc) is 2.98. The second-order valence-corrected chi connectivity index (χ2v) is 4.94. The molecule has 110 valence electrons. The number of benzene rings is 2. The number of halogens is 1. The molecule has 5 nitrogen and oxygen atoms in total. The number of H-pyrrole nitrogens is 1. The maximum atomic E-state index is 13.3. The molecule has 1 aliphatic rings. The highest BCUT2D eigenvalue weighted by Crippen LogP contribution is 2.38. The summed E-state index contributed by atoms with van der Waals surface area (Å²) in [5.41, 5.74) is 0.354. The Kier molecular flexibility index (Phi) is 2.59. The van der Waals surface area contributed by atoms with Crippen molar-refractivity contribution in [3.8, 4) is 28.5 Å². The van der Waals surface area contributed by atoms with Gasteiger partial charge in [0.1, 0.15) is 11.6 Å². The van der Waals surface area contributed by atoms with E-state index in [-0.39, 0.29) is 29.0 Å². The van der Waals surface area contributed by atoms with Gasteiger partial charge >= 0.3 is 0 Å². The largest absolute Gasteiger partial charge is 0.505 e. The quantitative estimate of drug-likeness (QED) is 0.725. The van der Waals surface area contributed by atoms with E-state index in [0.29, 0.717) is 17.1 Å². The summed E-state index contributed by atoms with van der Waals surface area (Å²) in [7, 11) is 0. The molecular formula is C16H10FNO4. The van der Waals surface area contributed by atoms with E-state index < -0.39 is 11.4 Å². The van der Waals surface area contributed by atoms with E-state index in [1.165, 1.54) is 12.1 Å². The minimum atomic E-state index is -0.534. The summed E-state index contributed by atoms with van der Waals surface area (Å²) in [4.78, 5) is 14.7. The molecule has 0 saturated carbocycles. The van der Waals surface area contributed by atoms with E-state index in [1.54, 1.807) is 18.2 Å². The molecule has 0 fully saturated rings. The molecule has 3 aromatic rings. The first kappa shape index (κ1) is 12.7. The van der Waals surface area contributed by atoms with Crippen LogP contribution in [0.5, 0.6) is 17.2 Å². The Morgan fingerprint density at radius 1 is 1.05 bits per heavy atom. The van der Waals surface area contributed by atoms with Crippen LogP contribution in [0.1, 0.15) is 0 Å². The molecule has 22 heavy (non-hydrogen) atoms. The van der Waals surface area contributed by atoms with Crippen molar-refractivity contribution in [3.63, 3.8) is 0 Å². The first-order valence-corrected chi connectivity index (χ1v) is 6.58. The summed E-state index contributed by atoms with van der Waals surface area (Å²) in [5, 5.41) is 10.8. The number of aromatic hydroxyl groups is 1. The molecular weight excluding hydrogens is 289 g/mol. The van der Waals surface area contributed by atoms with Crippen LogP contribution in [0.2, 0.25) is 0 Å². The van der Waals surface area contributed by atoms with Crippen molar-refractivity contribution in [1.82, 2.24) is 4.98 Å². The predicted molar refractivity (Wildman–Crippen MR) is 77.8 cm³/mol. The SMILES string of the molecule is O=c1[nH]c(-c2ccc3c(c2)OCO3)c(O)c2ccc(F)cc12. The van der Waals surface area contributed by atoms with Crippen LogP contribution >= 0.6 is 0 Å². The number of pyridine rings is 1. The smallest absolute Gasteiger partial charge is 0.256 e. The van der Waals surface area contributed by atoms with Crippen molar-refractivity contribution < 1.29 is 19.0 Å². The van der Waals surface area contributed by atoms with Gasteiger partial charge in [-0.3, -0.25) is 4.79 Å². The van der Waals surface area contributed by atoms with E-state index in [2.05, 4.69) is 4.98 Å². The third-order valence-corrected chi connectivity index (χ3v) is 3.62. The topological polar surface area (TPSA) is 71.6 Å². The summed E-state index contributed by atoms with van der Waals surface area (Å²) in [5.74, 6) is 0.493. The molecule has 0 unspecified atom stereocenters. The zero-order chi connectivity index (χ0) is 15.3. The van der Waals surface area contributed by atoms with Gasteiger partial charge in [-0.2, -0.15) is 0 Å². The van der Waals surface area contributed by atoms with Crippen molar-refractivity contribution >= 4 is 10.8 Å². The highest BCUT2D eigenvalue weighted by atomic mass is 19.1. The normalized spacial score (nSPS) is 12.8. The fraction of sp³-hybridized carbons (Fsp3) is 0.0625. The maximum absolute atomic E-state index is 13.3. The van der Waals surface area contributed by atoms with Gasteiger partial charge in [0.05, 0.1) is 11.1 Å². The van der Waals surface area contributed by atoms with Crippen molar-refractivity contribution in [3.05, 3.63) is 52.6 Å². The van der Waals surface area contributed by atoms with Gasteiger partial charge in [-0.1, -0.05) is 0 Å². The molecule has 1 aliphatic heterocycles. The average molecular weight is 299 g/mol. The molecule has 4 rings (SSSR count). The van der Waals surface area contributed by atoms with Crippen LogP contribution in [-0.2, 0) is 0 Å². The number of nitrogens with one attached hydrogen (secondary N) is 1. The molecule has 2 heterocycles. The Labute approximate surface area is 123 Å². The maximum Gasteiger partial charge on any atom is 0.256 e. The van der Waals surface area contributed by atoms with Crippen molar-refractivity contribution in [2.24, 2.45) is 0 Å². The molecule has 0 bridgehead atoms. The van der Waals surface area contributed by atoms with Gasteiger partial charge in [0.2, 0.25) is 6.79 Å². The number of aromatic amines is 1. The molecule has 0 atom stereocenters. The van der Waals surface area contributed by atoms with Crippen molar-refractivity contribution in [2.45, 2.75) is 0 Å². The van der Waals surface area contributed by atoms with Crippen LogP contribution in [0.3, 0.4) is 0 Å². The molecule has 6 heteroatoms. The fourth-order valence-corrected chi connectivity index (χ4v) is 2.55. The molecule has 0 radical (unpaired) electrons. The lowest BCUT2D eigenvalue weighted by Gasteiger charge is -2.09. The molecule has 0 saturated heterocycles.